The van der Waals surface area contributed by atoms with Gasteiger partial charge in [-0.3, -0.25) is 4.79 Å². The van der Waals surface area contributed by atoms with E-state index in [9.17, 15) is 4.79 Å². The highest BCUT2D eigenvalue weighted by Crippen LogP contribution is 2.30. The molecule has 0 atom stereocenters. The van der Waals surface area contributed by atoms with Crippen LogP contribution in [0.5, 0.6) is 5.75 Å². The second-order valence-electron chi connectivity index (χ2n) is 4.61. The van der Waals surface area contributed by atoms with Crippen molar-refractivity contribution in [3.05, 3.63) is 28.2 Å². The van der Waals surface area contributed by atoms with Gasteiger partial charge in [0.1, 0.15) is 12.3 Å². The molecule has 5 nitrogen and oxygen atoms in total. The van der Waals surface area contributed by atoms with E-state index in [1.54, 1.807) is 0 Å². The molecule has 1 aliphatic carbocycles. The summed E-state index contributed by atoms with van der Waals surface area (Å²) in [6.45, 7) is 0.619. The predicted molar refractivity (Wildman–Crippen MR) is 78.1 cm³/mol. The minimum absolute atomic E-state index is 0.00571. The number of nitrogens with one attached hydrogen (secondary N) is 2. The third-order valence-corrected chi connectivity index (χ3v) is 3.54. The van der Waals surface area contributed by atoms with Gasteiger partial charge >= 0.3 is 0 Å². The van der Waals surface area contributed by atoms with Crippen LogP contribution in [0.4, 0.5) is 0 Å². The summed E-state index contributed by atoms with van der Waals surface area (Å²) < 4.78 is 6.39. The second kappa shape index (κ2) is 7.27. The standard InChI is InChI=1S/C14H16BrN3O2/c15-12-3-1-2-10(8-18-11-4-5-11)14(12)20-9-13(19)17-7-6-16/h1-3,11,18H,4-5,7-9H2,(H,17,19). The van der Waals surface area contributed by atoms with E-state index in [1.165, 1.54) is 12.8 Å². The van der Waals surface area contributed by atoms with E-state index >= 15 is 0 Å². The molecule has 1 aromatic carbocycles. The second-order valence-corrected chi connectivity index (χ2v) is 5.46. The normalized spacial score (nSPS) is 13.6. The molecule has 0 unspecified atom stereocenters. The highest BCUT2D eigenvalue weighted by atomic mass is 79.9. The van der Waals surface area contributed by atoms with E-state index in [2.05, 4.69) is 26.6 Å². The van der Waals surface area contributed by atoms with Crippen LogP contribution >= 0.6 is 15.9 Å². The van der Waals surface area contributed by atoms with Crippen LogP contribution in [0.1, 0.15) is 18.4 Å². The van der Waals surface area contributed by atoms with Gasteiger partial charge in [-0.1, -0.05) is 12.1 Å². The SMILES string of the molecule is N#CCNC(=O)COc1c(Br)cccc1CNC1CC1. The number of halogens is 1. The summed E-state index contributed by atoms with van der Waals surface area (Å²) >= 11 is 3.44. The Balaban J connectivity index is 1.94. The predicted octanol–water partition coefficient (Wildman–Crippen LogP) is 1.72. The number of benzene rings is 1. The van der Waals surface area contributed by atoms with Crippen molar-refractivity contribution in [2.24, 2.45) is 0 Å². The van der Waals surface area contributed by atoms with Crippen molar-refractivity contribution >= 4 is 21.8 Å². The van der Waals surface area contributed by atoms with Gasteiger partial charge < -0.3 is 15.4 Å². The third-order valence-electron chi connectivity index (χ3n) is 2.92. The van der Waals surface area contributed by atoms with E-state index in [4.69, 9.17) is 10.00 Å². The minimum atomic E-state index is -0.302. The zero-order valence-corrected chi connectivity index (χ0v) is 12.6. The lowest BCUT2D eigenvalue weighted by Gasteiger charge is -2.13. The van der Waals surface area contributed by atoms with Crippen molar-refractivity contribution in [2.75, 3.05) is 13.2 Å². The number of carbonyl (C=O) groups excluding carboxylic acids is 1. The van der Waals surface area contributed by atoms with Crippen molar-refractivity contribution < 1.29 is 9.53 Å². The van der Waals surface area contributed by atoms with Crippen molar-refractivity contribution in [1.29, 1.82) is 5.26 Å². The maximum absolute atomic E-state index is 11.5. The van der Waals surface area contributed by atoms with E-state index in [0.717, 1.165) is 16.6 Å². The fourth-order valence-electron chi connectivity index (χ4n) is 1.72. The molecule has 0 bridgehead atoms. The first kappa shape index (κ1) is 14.8. The Labute approximate surface area is 126 Å². The molecule has 1 saturated carbocycles. The zero-order chi connectivity index (χ0) is 14.4. The Morgan fingerprint density at radius 3 is 3.00 bits per heavy atom. The maximum atomic E-state index is 11.5. The Bertz CT molecular complexity index is 524. The third kappa shape index (κ3) is 4.51. The monoisotopic (exact) mass is 337 g/mol. The lowest BCUT2D eigenvalue weighted by Crippen LogP contribution is -2.29. The molecule has 1 aromatic rings. The first-order valence-electron chi connectivity index (χ1n) is 6.48. The van der Waals surface area contributed by atoms with Crippen molar-refractivity contribution in [1.82, 2.24) is 10.6 Å². The van der Waals surface area contributed by atoms with Gasteiger partial charge in [0.25, 0.3) is 5.91 Å². The van der Waals surface area contributed by atoms with Crippen molar-refractivity contribution in [3.8, 4) is 11.8 Å². The van der Waals surface area contributed by atoms with Crippen molar-refractivity contribution in [2.45, 2.75) is 25.4 Å². The molecule has 2 rings (SSSR count). The maximum Gasteiger partial charge on any atom is 0.258 e. The van der Waals surface area contributed by atoms with Gasteiger partial charge in [-0.2, -0.15) is 5.26 Å². The molecule has 0 heterocycles. The first-order valence-corrected chi connectivity index (χ1v) is 7.27. The van der Waals surface area contributed by atoms with Gasteiger partial charge in [-0.25, -0.2) is 0 Å². The molecule has 0 radical (unpaired) electrons. The summed E-state index contributed by atoms with van der Waals surface area (Å²) in [5, 5.41) is 14.3. The van der Waals surface area contributed by atoms with E-state index in [-0.39, 0.29) is 19.1 Å². The Morgan fingerprint density at radius 1 is 1.50 bits per heavy atom. The molecule has 2 N–H and O–H groups in total. The number of amides is 1. The van der Waals surface area contributed by atoms with Crippen LogP contribution < -0.4 is 15.4 Å². The Hall–Kier alpha value is -1.58. The Morgan fingerprint density at radius 2 is 2.30 bits per heavy atom. The highest BCUT2D eigenvalue weighted by molar-refractivity contribution is 9.10. The topological polar surface area (TPSA) is 74.2 Å². The summed E-state index contributed by atoms with van der Waals surface area (Å²) in [4.78, 5) is 11.5. The highest BCUT2D eigenvalue weighted by Gasteiger charge is 2.21. The van der Waals surface area contributed by atoms with E-state index in [0.29, 0.717) is 11.8 Å². The average molecular weight is 338 g/mol. The molecule has 1 fully saturated rings. The average Bonchev–Trinajstić information content (AvgIpc) is 3.26. The van der Waals surface area contributed by atoms with Crippen LogP contribution in [0.3, 0.4) is 0 Å². The van der Waals surface area contributed by atoms with Crippen LogP contribution in [-0.2, 0) is 11.3 Å². The molecule has 0 spiro atoms. The zero-order valence-electron chi connectivity index (χ0n) is 11.0. The number of hydrogen-bond donors (Lipinski definition) is 2. The molecule has 0 aliphatic heterocycles. The molecule has 20 heavy (non-hydrogen) atoms. The lowest BCUT2D eigenvalue weighted by atomic mass is 10.2. The summed E-state index contributed by atoms with van der Waals surface area (Å²) in [5.41, 5.74) is 1.01. The van der Waals surface area contributed by atoms with E-state index < -0.39 is 0 Å². The summed E-state index contributed by atoms with van der Waals surface area (Å²) in [6, 6.07) is 8.26. The number of rotatable bonds is 7. The minimum Gasteiger partial charge on any atom is -0.482 e. The quantitative estimate of drug-likeness (QED) is 0.743. The number of hydrogen-bond acceptors (Lipinski definition) is 4. The van der Waals surface area contributed by atoms with Gasteiger partial charge in [0.05, 0.1) is 10.5 Å². The van der Waals surface area contributed by atoms with Crippen LogP contribution in [-0.4, -0.2) is 25.1 Å². The lowest BCUT2D eigenvalue weighted by molar-refractivity contribution is -0.122. The summed E-state index contributed by atoms with van der Waals surface area (Å²) in [5.74, 6) is 0.371. The fourth-order valence-corrected chi connectivity index (χ4v) is 2.24. The van der Waals surface area contributed by atoms with Gasteiger partial charge in [-0.15, -0.1) is 0 Å². The van der Waals surface area contributed by atoms with Crippen LogP contribution in [0.2, 0.25) is 0 Å². The van der Waals surface area contributed by atoms with Gasteiger partial charge in [-0.05, 0) is 34.8 Å². The molecule has 0 saturated heterocycles. The van der Waals surface area contributed by atoms with Gasteiger partial charge in [0.2, 0.25) is 0 Å². The molecule has 6 heteroatoms. The molecular weight excluding hydrogens is 322 g/mol. The van der Waals surface area contributed by atoms with Crippen LogP contribution in [0, 0.1) is 11.3 Å². The van der Waals surface area contributed by atoms with Crippen LogP contribution in [0.25, 0.3) is 0 Å². The molecule has 1 amide bonds. The number of ether oxygens (including phenoxy) is 1. The molecule has 106 valence electrons. The number of carbonyl (C=O) groups is 1. The number of nitrogens with zero attached hydrogens (tertiary/aromatic N) is 1. The molecular formula is C14H16BrN3O2. The van der Waals surface area contributed by atoms with E-state index in [1.807, 2.05) is 24.3 Å². The smallest absolute Gasteiger partial charge is 0.258 e. The van der Waals surface area contributed by atoms with Gasteiger partial charge in [0, 0.05) is 18.2 Å². The molecule has 1 aliphatic rings. The summed E-state index contributed by atoms with van der Waals surface area (Å²) in [6.07, 6.45) is 2.45. The van der Waals surface area contributed by atoms with Crippen molar-refractivity contribution in [3.63, 3.8) is 0 Å². The fraction of sp³-hybridized carbons (Fsp3) is 0.429. The Kier molecular flexibility index (Phi) is 5.39. The largest absolute Gasteiger partial charge is 0.482 e. The van der Waals surface area contributed by atoms with Crippen LogP contribution in [0.15, 0.2) is 22.7 Å². The number of para-hydroxylation sites is 1. The first-order chi connectivity index (χ1) is 9.70. The molecule has 0 aromatic heterocycles. The van der Waals surface area contributed by atoms with Gasteiger partial charge in [0.15, 0.2) is 6.61 Å². The number of nitriles is 1. The summed E-state index contributed by atoms with van der Waals surface area (Å²) in [7, 11) is 0.